The molecule has 0 aromatic carbocycles. The van der Waals surface area contributed by atoms with Crippen molar-refractivity contribution >= 4 is 5.96 Å². The van der Waals surface area contributed by atoms with Crippen molar-refractivity contribution in [1.82, 2.24) is 20.4 Å². The number of aromatic nitrogens is 2. The Kier molecular flexibility index (Phi) is 6.48. The summed E-state index contributed by atoms with van der Waals surface area (Å²) in [5.74, 6) is 2.19. The fourth-order valence-corrected chi connectivity index (χ4v) is 3.55. The maximum absolute atomic E-state index is 4.37. The molecule has 1 aromatic heterocycles. The standard InChI is InChI=1S/C18H33N5/c1-15(2)11-18(7-5-8-18)14-21-17(19-4)20-12-16(3)13-23-10-6-9-22-23/h6,9-10,15-16H,5,7-8,11-14H2,1-4H3,(H2,19,20,21). The van der Waals surface area contributed by atoms with Gasteiger partial charge in [-0.1, -0.05) is 27.2 Å². The fourth-order valence-electron chi connectivity index (χ4n) is 3.55. The predicted octanol–water partition coefficient (Wildman–Crippen LogP) is 2.90. The third-order valence-electron chi connectivity index (χ3n) is 4.79. The van der Waals surface area contributed by atoms with Gasteiger partial charge in [-0.25, -0.2) is 0 Å². The maximum Gasteiger partial charge on any atom is 0.191 e. The summed E-state index contributed by atoms with van der Waals surface area (Å²) < 4.78 is 1.98. The Bertz CT molecular complexity index is 474. The van der Waals surface area contributed by atoms with E-state index in [0.717, 1.165) is 31.5 Å². The van der Waals surface area contributed by atoms with E-state index >= 15 is 0 Å². The van der Waals surface area contributed by atoms with Crippen LogP contribution >= 0.6 is 0 Å². The molecular formula is C18H33N5. The van der Waals surface area contributed by atoms with Gasteiger partial charge in [0.05, 0.1) is 0 Å². The zero-order chi connectivity index (χ0) is 16.7. The second kappa shape index (κ2) is 8.37. The molecule has 5 heteroatoms. The average Bonchev–Trinajstić information content (AvgIpc) is 2.96. The molecule has 0 aliphatic heterocycles. The maximum atomic E-state index is 4.37. The number of hydrogen-bond donors (Lipinski definition) is 2. The minimum absolute atomic E-state index is 0.493. The summed E-state index contributed by atoms with van der Waals surface area (Å²) in [6, 6.07) is 1.97. The van der Waals surface area contributed by atoms with Gasteiger partial charge < -0.3 is 10.6 Å². The van der Waals surface area contributed by atoms with Gasteiger partial charge in [0.1, 0.15) is 0 Å². The van der Waals surface area contributed by atoms with Gasteiger partial charge in [-0.15, -0.1) is 0 Å². The van der Waals surface area contributed by atoms with Crippen molar-refractivity contribution in [3.8, 4) is 0 Å². The van der Waals surface area contributed by atoms with Crippen molar-refractivity contribution in [2.45, 2.75) is 53.0 Å². The molecule has 1 fully saturated rings. The summed E-state index contributed by atoms with van der Waals surface area (Å²) in [5.41, 5.74) is 0.493. The highest BCUT2D eigenvalue weighted by atomic mass is 15.3. The third kappa shape index (κ3) is 5.56. The Morgan fingerprint density at radius 2 is 2.09 bits per heavy atom. The molecule has 1 aromatic rings. The molecule has 0 bridgehead atoms. The van der Waals surface area contributed by atoms with Gasteiger partial charge in [0.25, 0.3) is 0 Å². The molecule has 1 aliphatic rings. The Morgan fingerprint density at radius 1 is 1.30 bits per heavy atom. The largest absolute Gasteiger partial charge is 0.356 e. The van der Waals surface area contributed by atoms with Crippen LogP contribution in [0.25, 0.3) is 0 Å². The van der Waals surface area contributed by atoms with E-state index in [-0.39, 0.29) is 0 Å². The lowest BCUT2D eigenvalue weighted by Crippen LogP contribution is -2.47. The minimum Gasteiger partial charge on any atom is -0.356 e. The first-order valence-electron chi connectivity index (χ1n) is 8.95. The van der Waals surface area contributed by atoms with Crippen molar-refractivity contribution in [1.29, 1.82) is 0 Å². The van der Waals surface area contributed by atoms with Gasteiger partial charge in [0.2, 0.25) is 0 Å². The van der Waals surface area contributed by atoms with Crippen LogP contribution in [0.3, 0.4) is 0 Å². The summed E-state index contributed by atoms with van der Waals surface area (Å²) in [6.07, 6.45) is 9.23. The van der Waals surface area contributed by atoms with E-state index in [1.807, 2.05) is 30.2 Å². The molecule has 0 saturated heterocycles. The minimum atomic E-state index is 0.493. The first kappa shape index (κ1) is 17.8. The molecule has 1 aliphatic carbocycles. The number of nitrogens with one attached hydrogen (secondary N) is 2. The van der Waals surface area contributed by atoms with E-state index in [2.05, 4.69) is 41.5 Å². The number of aliphatic imine (C=N–C) groups is 1. The van der Waals surface area contributed by atoms with Crippen LogP contribution in [-0.2, 0) is 6.54 Å². The highest BCUT2D eigenvalue weighted by Gasteiger charge is 2.37. The highest BCUT2D eigenvalue weighted by molar-refractivity contribution is 5.79. The van der Waals surface area contributed by atoms with E-state index in [9.17, 15) is 0 Å². The van der Waals surface area contributed by atoms with Crippen LogP contribution in [0.5, 0.6) is 0 Å². The normalized spacial score (nSPS) is 18.6. The molecule has 5 nitrogen and oxygen atoms in total. The van der Waals surface area contributed by atoms with Crippen LogP contribution in [0, 0.1) is 17.3 Å². The van der Waals surface area contributed by atoms with Crippen molar-refractivity contribution in [3.63, 3.8) is 0 Å². The quantitative estimate of drug-likeness (QED) is 0.572. The highest BCUT2D eigenvalue weighted by Crippen LogP contribution is 2.45. The summed E-state index contributed by atoms with van der Waals surface area (Å²) in [6.45, 7) is 9.74. The zero-order valence-electron chi connectivity index (χ0n) is 15.2. The molecule has 0 radical (unpaired) electrons. The third-order valence-corrected chi connectivity index (χ3v) is 4.79. The molecule has 2 N–H and O–H groups in total. The zero-order valence-corrected chi connectivity index (χ0v) is 15.2. The Hall–Kier alpha value is -1.52. The number of guanidine groups is 1. The van der Waals surface area contributed by atoms with E-state index in [1.54, 1.807) is 0 Å². The molecule has 1 unspecified atom stereocenters. The summed E-state index contributed by atoms with van der Waals surface area (Å²) >= 11 is 0. The Balaban J connectivity index is 1.72. The van der Waals surface area contributed by atoms with E-state index < -0.39 is 0 Å². The number of rotatable bonds is 8. The second-order valence-electron chi connectivity index (χ2n) is 7.59. The number of hydrogen-bond acceptors (Lipinski definition) is 2. The lowest BCUT2D eigenvalue weighted by molar-refractivity contribution is 0.104. The molecule has 23 heavy (non-hydrogen) atoms. The topological polar surface area (TPSA) is 54.2 Å². The summed E-state index contributed by atoms with van der Waals surface area (Å²) in [7, 11) is 1.85. The van der Waals surface area contributed by atoms with Gasteiger partial charge >= 0.3 is 0 Å². The van der Waals surface area contributed by atoms with E-state index in [0.29, 0.717) is 11.3 Å². The Labute approximate surface area is 141 Å². The van der Waals surface area contributed by atoms with Gasteiger partial charge in [0, 0.05) is 39.1 Å². The summed E-state index contributed by atoms with van der Waals surface area (Å²) in [4.78, 5) is 4.37. The molecular weight excluding hydrogens is 286 g/mol. The van der Waals surface area contributed by atoms with Crippen molar-refractivity contribution in [3.05, 3.63) is 18.5 Å². The summed E-state index contributed by atoms with van der Waals surface area (Å²) in [5, 5.41) is 11.3. The van der Waals surface area contributed by atoms with Crippen LogP contribution in [0.2, 0.25) is 0 Å². The van der Waals surface area contributed by atoms with Crippen molar-refractivity contribution < 1.29 is 0 Å². The van der Waals surface area contributed by atoms with Crippen LogP contribution in [0.15, 0.2) is 23.5 Å². The fraction of sp³-hybridized carbons (Fsp3) is 0.778. The second-order valence-corrected chi connectivity index (χ2v) is 7.59. The molecule has 0 spiro atoms. The lowest BCUT2D eigenvalue weighted by atomic mass is 9.64. The van der Waals surface area contributed by atoms with Crippen LogP contribution < -0.4 is 10.6 Å². The molecule has 130 valence electrons. The molecule has 2 rings (SSSR count). The van der Waals surface area contributed by atoms with E-state index in [1.165, 1.54) is 25.7 Å². The average molecular weight is 319 g/mol. The van der Waals surface area contributed by atoms with Crippen LogP contribution in [0.1, 0.15) is 46.5 Å². The van der Waals surface area contributed by atoms with Crippen molar-refractivity contribution in [2.75, 3.05) is 20.1 Å². The van der Waals surface area contributed by atoms with Gasteiger partial charge in [-0.2, -0.15) is 5.10 Å². The number of nitrogens with zero attached hydrogens (tertiary/aromatic N) is 3. The van der Waals surface area contributed by atoms with Crippen LogP contribution in [-0.4, -0.2) is 35.9 Å². The smallest absolute Gasteiger partial charge is 0.191 e. The van der Waals surface area contributed by atoms with Crippen LogP contribution in [0.4, 0.5) is 0 Å². The van der Waals surface area contributed by atoms with E-state index in [4.69, 9.17) is 0 Å². The molecule has 1 heterocycles. The molecule has 1 atom stereocenters. The SMILES string of the molecule is CN=C(NCC(C)Cn1cccn1)NCC1(CC(C)C)CCC1. The van der Waals surface area contributed by atoms with Crippen molar-refractivity contribution in [2.24, 2.45) is 22.2 Å². The monoisotopic (exact) mass is 319 g/mol. The first-order chi connectivity index (χ1) is 11.0. The Morgan fingerprint density at radius 3 is 2.61 bits per heavy atom. The molecule has 1 saturated carbocycles. The first-order valence-corrected chi connectivity index (χ1v) is 8.95. The lowest BCUT2D eigenvalue weighted by Gasteiger charge is -2.43. The van der Waals surface area contributed by atoms with Gasteiger partial charge in [-0.3, -0.25) is 9.67 Å². The molecule has 0 amide bonds. The van der Waals surface area contributed by atoms with Gasteiger partial charge in [-0.05, 0) is 42.6 Å². The predicted molar refractivity (Wildman–Crippen MR) is 96.5 cm³/mol. The van der Waals surface area contributed by atoms with Gasteiger partial charge in [0.15, 0.2) is 5.96 Å².